The van der Waals surface area contributed by atoms with Crippen LogP contribution in [0.1, 0.15) is 81.2 Å². The number of nitrogens with two attached hydrogens (primary N) is 1. The van der Waals surface area contributed by atoms with Crippen LogP contribution < -0.4 is 11.1 Å². The second kappa shape index (κ2) is 13.6. The van der Waals surface area contributed by atoms with Crippen LogP contribution in [0.25, 0.3) is 11.0 Å². The number of benzene rings is 1. The summed E-state index contributed by atoms with van der Waals surface area (Å²) in [7, 11) is 1.75. The van der Waals surface area contributed by atoms with E-state index in [2.05, 4.69) is 5.32 Å². The van der Waals surface area contributed by atoms with E-state index in [4.69, 9.17) is 19.6 Å². The zero-order valence-electron chi connectivity index (χ0n) is 25.7. The summed E-state index contributed by atoms with van der Waals surface area (Å²) >= 11 is 0. The van der Waals surface area contributed by atoms with Crippen LogP contribution in [0.5, 0.6) is 0 Å². The van der Waals surface area contributed by atoms with Crippen molar-refractivity contribution in [2.24, 2.45) is 35.3 Å². The molecule has 2 heterocycles. The fourth-order valence-electron chi connectivity index (χ4n) is 7.79. The third-order valence-electron chi connectivity index (χ3n) is 10.7. The molecule has 3 aliphatic carbocycles. The topological polar surface area (TPSA) is 124 Å². The summed E-state index contributed by atoms with van der Waals surface area (Å²) < 4.78 is 29.8. The van der Waals surface area contributed by atoms with Crippen molar-refractivity contribution in [3.05, 3.63) is 30.0 Å². The van der Waals surface area contributed by atoms with Gasteiger partial charge in [-0.2, -0.15) is 0 Å². The minimum atomic E-state index is -0.564. The van der Waals surface area contributed by atoms with Crippen molar-refractivity contribution < 1.29 is 32.7 Å². The Kier molecular flexibility index (Phi) is 9.56. The van der Waals surface area contributed by atoms with Gasteiger partial charge in [0.2, 0.25) is 17.6 Å². The minimum absolute atomic E-state index is 0.0325. The van der Waals surface area contributed by atoms with Gasteiger partial charge in [-0.3, -0.25) is 9.59 Å². The lowest BCUT2D eigenvalue weighted by atomic mass is 9.75. The third kappa shape index (κ3) is 6.81. The van der Waals surface area contributed by atoms with E-state index in [1.807, 2.05) is 4.90 Å². The Morgan fingerprint density at radius 2 is 1.77 bits per heavy atom. The summed E-state index contributed by atoms with van der Waals surface area (Å²) in [5.74, 6) is 0.310. The Balaban J connectivity index is 1.17. The van der Waals surface area contributed by atoms with E-state index < -0.39 is 24.7 Å². The van der Waals surface area contributed by atoms with E-state index >= 15 is 0 Å². The highest BCUT2D eigenvalue weighted by Crippen LogP contribution is 2.42. The maximum absolute atomic E-state index is 14.1. The highest BCUT2D eigenvalue weighted by Gasteiger charge is 2.47. The molecule has 1 aromatic carbocycles. The van der Waals surface area contributed by atoms with Crippen molar-refractivity contribution in [1.82, 2.24) is 4.90 Å². The number of carbonyl (C=O) groups excluding carboxylic acids is 3. The number of methoxy groups -OCH3 is 1. The number of anilines is 1. The first-order chi connectivity index (χ1) is 21.3. The minimum Gasteiger partial charge on any atom is -0.460 e. The van der Waals surface area contributed by atoms with Crippen LogP contribution in [0.15, 0.2) is 28.7 Å². The molecule has 0 radical (unpaired) electrons. The molecule has 10 heteroatoms. The molecule has 2 amide bonds. The number of halogens is 1. The summed E-state index contributed by atoms with van der Waals surface area (Å²) in [5, 5.41) is 3.79. The van der Waals surface area contributed by atoms with Crippen LogP contribution in [0, 0.1) is 29.6 Å². The summed E-state index contributed by atoms with van der Waals surface area (Å²) in [6.07, 6.45) is 9.91. The second-order valence-corrected chi connectivity index (χ2v) is 13.5. The molecule has 3 atom stereocenters. The van der Waals surface area contributed by atoms with Gasteiger partial charge in [-0.1, -0.05) is 0 Å². The molecule has 4 fully saturated rings. The zero-order chi connectivity index (χ0) is 30.8. The number of amides is 2. The molecule has 2 aromatic rings. The molecule has 1 aliphatic heterocycles. The Morgan fingerprint density at radius 3 is 2.45 bits per heavy atom. The van der Waals surface area contributed by atoms with Crippen molar-refractivity contribution in [3.63, 3.8) is 0 Å². The smallest absolute Gasteiger partial charge is 0.374 e. The van der Waals surface area contributed by atoms with Crippen LogP contribution in [-0.4, -0.2) is 67.8 Å². The number of furan rings is 1. The zero-order valence-corrected chi connectivity index (χ0v) is 25.7. The first-order valence-electron chi connectivity index (χ1n) is 16.5. The van der Waals surface area contributed by atoms with Crippen LogP contribution >= 0.6 is 0 Å². The molecule has 4 aliphatic rings. The predicted octanol–water partition coefficient (Wildman–Crippen LogP) is 5.46. The molecule has 1 saturated heterocycles. The fraction of sp³-hybridized carbons (Fsp3) is 0.676. The quantitative estimate of drug-likeness (QED) is 0.342. The van der Waals surface area contributed by atoms with Crippen LogP contribution in [0.4, 0.5) is 10.1 Å². The van der Waals surface area contributed by atoms with Crippen LogP contribution in [0.3, 0.4) is 0 Å². The molecule has 3 saturated carbocycles. The van der Waals surface area contributed by atoms with E-state index in [0.29, 0.717) is 54.5 Å². The van der Waals surface area contributed by atoms with Crippen molar-refractivity contribution >= 4 is 34.4 Å². The maximum atomic E-state index is 14.1. The SMILES string of the molecule is COC1CCC([C@@H]2CCN(C(=O)[C@H]3CC[C@H]([C@H](N)CF)CC3)[C@@H]2C(=O)Nc2ccc3oc(C(=O)OCC4CC4)cc3c2)CC1. The van der Waals surface area contributed by atoms with Gasteiger partial charge in [-0.25, -0.2) is 9.18 Å². The predicted molar refractivity (Wildman–Crippen MR) is 164 cm³/mol. The third-order valence-corrected chi connectivity index (χ3v) is 10.7. The number of hydrogen-bond donors (Lipinski definition) is 2. The Hall–Kier alpha value is -2.98. The highest BCUT2D eigenvalue weighted by atomic mass is 19.1. The number of likely N-dealkylation sites (tertiary alicyclic amines) is 1. The van der Waals surface area contributed by atoms with Crippen LogP contribution in [-0.2, 0) is 19.1 Å². The van der Waals surface area contributed by atoms with Gasteiger partial charge in [0.05, 0.1) is 12.7 Å². The van der Waals surface area contributed by atoms with E-state index in [1.165, 1.54) is 0 Å². The average molecular weight is 612 g/mol. The molecule has 9 nitrogen and oxygen atoms in total. The molecule has 6 rings (SSSR count). The Bertz CT molecular complexity index is 1330. The molecule has 0 spiro atoms. The number of esters is 1. The van der Waals surface area contributed by atoms with E-state index in [9.17, 15) is 18.8 Å². The summed E-state index contributed by atoms with van der Waals surface area (Å²) in [6, 6.07) is 5.91. The average Bonchev–Trinajstić information content (AvgIpc) is 3.62. The monoisotopic (exact) mass is 611 g/mol. The number of nitrogens with one attached hydrogen (secondary N) is 1. The largest absolute Gasteiger partial charge is 0.460 e. The second-order valence-electron chi connectivity index (χ2n) is 13.5. The Labute approximate surface area is 258 Å². The van der Waals surface area contributed by atoms with Gasteiger partial charge in [0.15, 0.2) is 0 Å². The number of fused-ring (bicyclic) bond motifs is 1. The summed E-state index contributed by atoms with van der Waals surface area (Å²) in [6.45, 7) is 0.429. The van der Waals surface area contributed by atoms with E-state index in [1.54, 1.807) is 31.4 Å². The molecular weight excluding hydrogens is 565 g/mol. The molecule has 3 N–H and O–H groups in total. The van der Waals surface area contributed by atoms with Gasteiger partial charge in [0, 0.05) is 36.7 Å². The standard InChI is InChI=1S/C34H46FN3O6/c1-42-26-11-8-21(9-12-26)27-14-15-38(33(40)23-6-4-22(5-7-23)28(36)18-35)31(27)32(39)37-25-10-13-29-24(16-25)17-30(44-29)34(41)43-19-20-2-3-20/h10,13,16-17,20-23,26-28,31H,2-9,11-12,14-15,18-19,36H2,1H3,(H,37,39)/t21?,22-,23-,26?,27-,28+,31-/m0/s1. The lowest BCUT2D eigenvalue weighted by Crippen LogP contribution is -2.50. The van der Waals surface area contributed by atoms with Gasteiger partial charge in [0.25, 0.3) is 0 Å². The molecule has 0 unspecified atom stereocenters. The lowest BCUT2D eigenvalue weighted by molar-refractivity contribution is -0.142. The van der Waals surface area contributed by atoms with E-state index in [0.717, 1.165) is 57.8 Å². The van der Waals surface area contributed by atoms with Crippen molar-refractivity contribution in [1.29, 1.82) is 0 Å². The lowest BCUT2D eigenvalue weighted by Gasteiger charge is -2.37. The number of ether oxygens (including phenoxy) is 2. The molecule has 1 aromatic heterocycles. The van der Waals surface area contributed by atoms with Crippen LogP contribution in [0.2, 0.25) is 0 Å². The van der Waals surface area contributed by atoms with E-state index in [-0.39, 0.29) is 41.4 Å². The van der Waals surface area contributed by atoms with Crippen molar-refractivity contribution in [3.8, 4) is 0 Å². The summed E-state index contributed by atoms with van der Waals surface area (Å²) in [5.41, 5.74) is 7.09. The fourth-order valence-corrected chi connectivity index (χ4v) is 7.79. The number of rotatable bonds is 10. The molecular formula is C34H46FN3O6. The first kappa shape index (κ1) is 31.0. The normalized spacial score (nSPS) is 29.8. The van der Waals surface area contributed by atoms with Crippen molar-refractivity contribution in [2.75, 3.05) is 32.3 Å². The van der Waals surface area contributed by atoms with Gasteiger partial charge in [-0.05, 0) is 119 Å². The maximum Gasteiger partial charge on any atom is 0.374 e. The van der Waals surface area contributed by atoms with Gasteiger partial charge >= 0.3 is 5.97 Å². The number of nitrogens with zero attached hydrogens (tertiary/aromatic N) is 1. The highest BCUT2D eigenvalue weighted by molar-refractivity contribution is 6.00. The first-order valence-corrected chi connectivity index (χ1v) is 16.5. The van der Waals surface area contributed by atoms with Crippen molar-refractivity contribution in [2.45, 2.75) is 88.8 Å². The molecule has 0 bridgehead atoms. The molecule has 44 heavy (non-hydrogen) atoms. The number of carbonyl (C=O) groups is 3. The molecule has 240 valence electrons. The number of hydrogen-bond acceptors (Lipinski definition) is 7. The number of alkyl halides is 1. The van der Waals surface area contributed by atoms with Gasteiger partial charge < -0.3 is 29.8 Å². The Morgan fingerprint density at radius 1 is 1.02 bits per heavy atom. The summed E-state index contributed by atoms with van der Waals surface area (Å²) in [4.78, 5) is 42.3. The van der Waals surface area contributed by atoms with Gasteiger partial charge in [-0.15, -0.1) is 0 Å². The van der Waals surface area contributed by atoms with Gasteiger partial charge in [0.1, 0.15) is 18.3 Å².